The van der Waals surface area contributed by atoms with E-state index in [9.17, 15) is 4.79 Å². The largest absolute Gasteiger partial charge is 0.487 e. The van der Waals surface area contributed by atoms with Crippen molar-refractivity contribution in [3.05, 3.63) is 71.8 Å². The zero-order valence-electron chi connectivity index (χ0n) is 21.6. The lowest BCUT2D eigenvalue weighted by Gasteiger charge is -2.18. The molecule has 10 heteroatoms. The Morgan fingerprint density at radius 1 is 1.15 bits per heavy atom. The highest BCUT2D eigenvalue weighted by atomic mass is 35.5. The van der Waals surface area contributed by atoms with Crippen LogP contribution in [0, 0.1) is 11.8 Å². The number of nitrogens with zero attached hydrogens (tertiary/aromatic N) is 4. The molecule has 4 aromatic rings. The van der Waals surface area contributed by atoms with Gasteiger partial charge in [-0.2, -0.15) is 0 Å². The van der Waals surface area contributed by atoms with E-state index in [-0.39, 0.29) is 6.10 Å². The SMILES string of the molecule is CC#CC(=O)Nc1cc2c(Nc3ccc(OCc4ccccn4)c(Cl)c3)ncnc2cc1OC1CCN(C)C1. The number of hydrogen-bond donors (Lipinski definition) is 2. The second-order valence-electron chi connectivity index (χ2n) is 9.09. The normalized spacial score (nSPS) is 14.9. The average molecular weight is 543 g/mol. The summed E-state index contributed by atoms with van der Waals surface area (Å²) in [6.07, 6.45) is 4.11. The first-order chi connectivity index (χ1) is 19.0. The number of pyridine rings is 1. The highest BCUT2D eigenvalue weighted by molar-refractivity contribution is 6.32. The van der Waals surface area contributed by atoms with Crippen molar-refractivity contribution in [3.8, 4) is 23.3 Å². The molecule has 1 aliphatic rings. The molecule has 0 bridgehead atoms. The molecule has 5 rings (SSSR count). The molecule has 1 fully saturated rings. The summed E-state index contributed by atoms with van der Waals surface area (Å²) in [7, 11) is 2.06. The Morgan fingerprint density at radius 2 is 2.05 bits per heavy atom. The molecule has 1 amide bonds. The zero-order valence-corrected chi connectivity index (χ0v) is 22.3. The van der Waals surface area contributed by atoms with Crippen molar-refractivity contribution in [2.75, 3.05) is 30.8 Å². The maximum absolute atomic E-state index is 12.4. The maximum Gasteiger partial charge on any atom is 0.300 e. The van der Waals surface area contributed by atoms with E-state index in [1.54, 1.807) is 31.3 Å². The van der Waals surface area contributed by atoms with Crippen LogP contribution in [0.4, 0.5) is 17.2 Å². The number of nitrogens with one attached hydrogen (secondary N) is 2. The minimum atomic E-state index is -0.426. The lowest BCUT2D eigenvalue weighted by atomic mass is 10.1. The van der Waals surface area contributed by atoms with Gasteiger partial charge in [0.05, 0.1) is 21.9 Å². The van der Waals surface area contributed by atoms with E-state index in [0.717, 1.165) is 25.2 Å². The Kier molecular flexibility index (Phi) is 8.06. The molecular weight excluding hydrogens is 516 g/mol. The smallest absolute Gasteiger partial charge is 0.300 e. The average Bonchev–Trinajstić information content (AvgIpc) is 3.34. The summed E-state index contributed by atoms with van der Waals surface area (Å²) in [5, 5.41) is 7.28. The lowest BCUT2D eigenvalue weighted by Crippen LogP contribution is -2.22. The summed E-state index contributed by atoms with van der Waals surface area (Å²) < 4.78 is 12.1. The Bertz CT molecular complexity index is 1550. The Balaban J connectivity index is 1.41. The Hall–Kier alpha value is -4.39. The minimum Gasteiger partial charge on any atom is -0.487 e. The maximum atomic E-state index is 12.4. The molecule has 9 nitrogen and oxygen atoms in total. The molecule has 0 saturated carbocycles. The van der Waals surface area contributed by atoms with E-state index in [1.165, 1.54) is 6.33 Å². The molecule has 1 atom stereocenters. The third-order valence-electron chi connectivity index (χ3n) is 6.16. The van der Waals surface area contributed by atoms with E-state index in [1.807, 2.05) is 30.3 Å². The third-order valence-corrected chi connectivity index (χ3v) is 6.46. The molecule has 0 spiro atoms. The van der Waals surface area contributed by atoms with Gasteiger partial charge in [0.1, 0.15) is 36.4 Å². The molecule has 39 heavy (non-hydrogen) atoms. The first kappa shape index (κ1) is 26.2. The quantitative estimate of drug-likeness (QED) is 0.298. The van der Waals surface area contributed by atoms with Gasteiger partial charge >= 0.3 is 0 Å². The van der Waals surface area contributed by atoms with Crippen molar-refractivity contribution >= 4 is 45.6 Å². The summed E-state index contributed by atoms with van der Waals surface area (Å²) in [6, 6.07) is 14.7. The van der Waals surface area contributed by atoms with Gasteiger partial charge in [-0.3, -0.25) is 9.78 Å². The van der Waals surface area contributed by atoms with Crippen LogP contribution in [0.1, 0.15) is 19.0 Å². The number of fused-ring (bicyclic) bond motifs is 1. The number of benzene rings is 2. The molecule has 1 aliphatic heterocycles. The number of hydrogen-bond acceptors (Lipinski definition) is 8. The van der Waals surface area contributed by atoms with Crippen LogP contribution in [0.15, 0.2) is 61.1 Å². The molecular formula is C29H27ClN6O3. The molecule has 2 N–H and O–H groups in total. The summed E-state index contributed by atoms with van der Waals surface area (Å²) in [6.45, 7) is 3.68. The van der Waals surface area contributed by atoms with E-state index >= 15 is 0 Å². The second-order valence-corrected chi connectivity index (χ2v) is 9.49. The predicted molar refractivity (Wildman–Crippen MR) is 151 cm³/mol. The van der Waals surface area contributed by atoms with Crippen LogP contribution in [-0.4, -0.2) is 52.0 Å². The van der Waals surface area contributed by atoms with Crippen LogP contribution in [-0.2, 0) is 11.4 Å². The van der Waals surface area contributed by atoms with Crippen LogP contribution >= 0.6 is 11.6 Å². The topological polar surface area (TPSA) is 102 Å². The fourth-order valence-corrected chi connectivity index (χ4v) is 4.52. The van der Waals surface area contributed by atoms with Crippen molar-refractivity contribution in [2.45, 2.75) is 26.1 Å². The number of likely N-dealkylation sites (tertiary alicyclic amines) is 1. The second kappa shape index (κ2) is 12.0. The van der Waals surface area contributed by atoms with E-state index in [4.69, 9.17) is 21.1 Å². The summed E-state index contributed by atoms with van der Waals surface area (Å²) in [4.78, 5) is 27.7. The number of amides is 1. The number of carbonyl (C=O) groups excluding carboxylic acids is 1. The number of anilines is 3. The van der Waals surface area contributed by atoms with Crippen LogP contribution in [0.25, 0.3) is 10.9 Å². The third kappa shape index (κ3) is 6.55. The van der Waals surface area contributed by atoms with Gasteiger partial charge in [-0.1, -0.05) is 23.6 Å². The summed E-state index contributed by atoms with van der Waals surface area (Å²) >= 11 is 6.51. The van der Waals surface area contributed by atoms with E-state index in [0.29, 0.717) is 51.2 Å². The van der Waals surface area contributed by atoms with E-state index < -0.39 is 5.91 Å². The van der Waals surface area contributed by atoms with Crippen molar-refractivity contribution in [1.82, 2.24) is 19.9 Å². The van der Waals surface area contributed by atoms with Gasteiger partial charge in [0.2, 0.25) is 0 Å². The van der Waals surface area contributed by atoms with Crippen molar-refractivity contribution in [1.29, 1.82) is 0 Å². The number of aromatic nitrogens is 3. The van der Waals surface area contributed by atoms with Crippen LogP contribution in [0.2, 0.25) is 5.02 Å². The van der Waals surface area contributed by atoms with Crippen molar-refractivity contribution in [3.63, 3.8) is 0 Å². The van der Waals surface area contributed by atoms with Gasteiger partial charge in [0.15, 0.2) is 0 Å². The standard InChI is InChI=1S/C29H27ClN6O3/c1-3-6-28(37)35-25-14-22-24(15-27(25)39-21-10-12-36(2)16-21)32-18-33-29(22)34-19-8-9-26(23(30)13-19)38-17-20-7-4-5-11-31-20/h4-5,7-9,11,13-15,18,21H,10,12,16-17H2,1-2H3,(H,35,37)(H,32,33,34). The monoisotopic (exact) mass is 542 g/mol. The summed E-state index contributed by atoms with van der Waals surface area (Å²) in [5.41, 5.74) is 2.68. The number of carbonyl (C=O) groups is 1. The van der Waals surface area contributed by atoms with Crippen LogP contribution < -0.4 is 20.1 Å². The molecule has 198 valence electrons. The predicted octanol–water partition coefficient (Wildman–Crippen LogP) is 5.05. The first-order valence-corrected chi connectivity index (χ1v) is 12.8. The molecule has 3 heterocycles. The van der Waals surface area contributed by atoms with Gasteiger partial charge in [-0.05, 0) is 62.7 Å². The van der Waals surface area contributed by atoms with Crippen LogP contribution in [0.5, 0.6) is 11.5 Å². The molecule has 0 aliphatic carbocycles. The van der Waals surface area contributed by atoms with Crippen molar-refractivity contribution in [2.24, 2.45) is 0 Å². The minimum absolute atomic E-state index is 0.0142. The zero-order chi connectivity index (χ0) is 27.2. The van der Waals surface area contributed by atoms with Gasteiger partial charge in [-0.15, -0.1) is 0 Å². The lowest BCUT2D eigenvalue weighted by molar-refractivity contribution is -0.111. The van der Waals surface area contributed by atoms with Gasteiger partial charge < -0.3 is 25.0 Å². The number of likely N-dealkylation sites (N-methyl/N-ethyl adjacent to an activating group) is 1. The van der Waals surface area contributed by atoms with Gasteiger partial charge in [0, 0.05) is 36.4 Å². The molecule has 1 saturated heterocycles. The molecule has 2 aromatic heterocycles. The molecule has 1 unspecified atom stereocenters. The fourth-order valence-electron chi connectivity index (χ4n) is 4.28. The number of rotatable bonds is 8. The molecule has 0 radical (unpaired) electrons. The van der Waals surface area contributed by atoms with E-state index in [2.05, 4.69) is 49.4 Å². The van der Waals surface area contributed by atoms with Gasteiger partial charge in [0.25, 0.3) is 5.91 Å². The number of halogens is 1. The summed E-state index contributed by atoms with van der Waals surface area (Å²) in [5.74, 6) is 6.34. The fraction of sp³-hybridized carbons (Fsp3) is 0.241. The Morgan fingerprint density at radius 3 is 2.79 bits per heavy atom. The van der Waals surface area contributed by atoms with Crippen LogP contribution in [0.3, 0.4) is 0 Å². The highest BCUT2D eigenvalue weighted by Crippen LogP contribution is 2.36. The highest BCUT2D eigenvalue weighted by Gasteiger charge is 2.23. The Labute approximate surface area is 231 Å². The molecule has 2 aromatic carbocycles. The first-order valence-electron chi connectivity index (χ1n) is 12.5. The van der Waals surface area contributed by atoms with Gasteiger partial charge in [-0.25, -0.2) is 9.97 Å². The number of ether oxygens (including phenoxy) is 2. The van der Waals surface area contributed by atoms with Crippen molar-refractivity contribution < 1.29 is 14.3 Å².